The number of hydrogen-bond acceptors (Lipinski definition) is 4. The van der Waals surface area contributed by atoms with Crippen LogP contribution >= 0.6 is 11.3 Å². The highest BCUT2D eigenvalue weighted by atomic mass is 32.1. The molecule has 2 atom stereocenters. The van der Waals surface area contributed by atoms with E-state index in [1.807, 2.05) is 89.7 Å². The molecule has 0 bridgehead atoms. The molecule has 5 nitrogen and oxygen atoms in total. The zero-order valence-corrected chi connectivity index (χ0v) is 19.5. The van der Waals surface area contributed by atoms with Crippen LogP contribution in [0.1, 0.15) is 45.2 Å². The van der Waals surface area contributed by atoms with Gasteiger partial charge in [0.05, 0.1) is 18.6 Å². The van der Waals surface area contributed by atoms with Gasteiger partial charge in [0, 0.05) is 36.3 Å². The monoisotopic (exact) mass is 448 g/mol. The number of ether oxygens (including phenoxy) is 1. The Hall–Kier alpha value is -2.96. The van der Waals surface area contributed by atoms with Crippen LogP contribution in [0.25, 0.3) is 0 Å². The molecule has 0 fully saturated rings. The zero-order valence-electron chi connectivity index (χ0n) is 18.7. The van der Waals surface area contributed by atoms with E-state index >= 15 is 0 Å². The van der Waals surface area contributed by atoms with Gasteiger partial charge in [0.1, 0.15) is 0 Å². The van der Waals surface area contributed by atoms with Crippen molar-refractivity contribution in [2.75, 3.05) is 31.7 Å². The van der Waals surface area contributed by atoms with Crippen LogP contribution in [0.3, 0.4) is 0 Å². The van der Waals surface area contributed by atoms with Gasteiger partial charge in [-0.25, -0.2) is 0 Å². The van der Waals surface area contributed by atoms with Crippen molar-refractivity contribution in [2.24, 2.45) is 0 Å². The molecule has 6 heteroatoms. The Morgan fingerprint density at radius 3 is 2.53 bits per heavy atom. The molecule has 0 saturated carbocycles. The van der Waals surface area contributed by atoms with Crippen LogP contribution in [0, 0.1) is 6.92 Å². The number of fused-ring (bicyclic) bond motifs is 1. The number of nitrogens with zero attached hydrogens (tertiary/aromatic N) is 2. The molecule has 3 aromatic rings. The molecule has 1 aromatic heterocycles. The molecule has 32 heavy (non-hydrogen) atoms. The first-order valence-corrected chi connectivity index (χ1v) is 11.8. The normalized spacial score (nSPS) is 17.8. The summed E-state index contributed by atoms with van der Waals surface area (Å²) >= 11 is 1.58. The van der Waals surface area contributed by atoms with Crippen LogP contribution in [-0.4, -0.2) is 43.5 Å². The van der Waals surface area contributed by atoms with Crippen molar-refractivity contribution in [2.45, 2.75) is 25.8 Å². The van der Waals surface area contributed by atoms with Crippen molar-refractivity contribution in [3.8, 4) is 0 Å². The number of hydrogen-bond donors (Lipinski definition) is 0. The van der Waals surface area contributed by atoms with Crippen molar-refractivity contribution in [3.63, 3.8) is 0 Å². The van der Waals surface area contributed by atoms with Gasteiger partial charge in [0.15, 0.2) is 0 Å². The number of rotatable bonds is 7. The van der Waals surface area contributed by atoms with Gasteiger partial charge < -0.3 is 14.5 Å². The van der Waals surface area contributed by atoms with E-state index in [2.05, 4.69) is 0 Å². The molecule has 0 radical (unpaired) electrons. The number of likely N-dealkylation sites (N-methyl/N-ethyl adjacent to an activating group) is 1. The highest BCUT2D eigenvalue weighted by Crippen LogP contribution is 2.45. The summed E-state index contributed by atoms with van der Waals surface area (Å²) in [4.78, 5) is 32.4. The second kappa shape index (κ2) is 9.67. The Labute approximate surface area is 193 Å². The number of thiophene rings is 1. The smallest absolute Gasteiger partial charge is 0.254 e. The Balaban J connectivity index is 1.87. The summed E-state index contributed by atoms with van der Waals surface area (Å²) in [7, 11) is 1.63. The third kappa shape index (κ3) is 3.96. The molecule has 2 unspecified atom stereocenters. The van der Waals surface area contributed by atoms with Gasteiger partial charge in [-0.2, -0.15) is 0 Å². The molecular weight excluding hydrogens is 420 g/mol. The molecular formula is C26H28N2O3S. The molecule has 166 valence electrons. The minimum absolute atomic E-state index is 0.00238. The number of benzene rings is 2. The van der Waals surface area contributed by atoms with Crippen LogP contribution in [0.5, 0.6) is 0 Å². The van der Waals surface area contributed by atoms with E-state index in [9.17, 15) is 9.59 Å². The summed E-state index contributed by atoms with van der Waals surface area (Å²) in [6, 6.07) is 19.1. The van der Waals surface area contributed by atoms with Gasteiger partial charge in [0.25, 0.3) is 5.91 Å². The number of amides is 2. The molecule has 0 N–H and O–H groups in total. The summed E-state index contributed by atoms with van der Waals surface area (Å²) < 4.78 is 5.31. The Morgan fingerprint density at radius 1 is 1.09 bits per heavy atom. The summed E-state index contributed by atoms with van der Waals surface area (Å²) in [5.74, 6) is -0.555. The van der Waals surface area contributed by atoms with Crippen molar-refractivity contribution >= 4 is 28.8 Å². The number of methoxy groups -OCH3 is 1. The first-order valence-electron chi connectivity index (χ1n) is 10.9. The van der Waals surface area contributed by atoms with Gasteiger partial charge in [-0.15, -0.1) is 11.3 Å². The SMILES string of the molecule is CCN(C(=O)C1c2ccccc2C(=O)N(CCOC)C1c1cccs1)c1ccccc1C. The maximum absolute atomic E-state index is 14.2. The van der Waals surface area contributed by atoms with Crippen LogP contribution in [0.4, 0.5) is 5.69 Å². The number of para-hydroxylation sites is 1. The first-order chi connectivity index (χ1) is 15.6. The molecule has 0 saturated heterocycles. The van der Waals surface area contributed by atoms with Crippen LogP contribution in [0.2, 0.25) is 0 Å². The van der Waals surface area contributed by atoms with Gasteiger partial charge in [0.2, 0.25) is 5.91 Å². The van der Waals surface area contributed by atoms with Crippen LogP contribution in [0.15, 0.2) is 66.0 Å². The predicted molar refractivity (Wildman–Crippen MR) is 128 cm³/mol. The maximum Gasteiger partial charge on any atom is 0.254 e. The molecule has 2 amide bonds. The van der Waals surface area contributed by atoms with Crippen LogP contribution in [-0.2, 0) is 9.53 Å². The molecule has 4 rings (SSSR count). The summed E-state index contributed by atoms with van der Waals surface area (Å²) in [5.41, 5.74) is 3.34. The minimum atomic E-state index is -0.501. The lowest BCUT2D eigenvalue weighted by molar-refractivity contribution is -0.121. The fourth-order valence-electron chi connectivity index (χ4n) is 4.55. The maximum atomic E-state index is 14.2. The van der Waals surface area contributed by atoms with Gasteiger partial charge in [-0.05, 0) is 48.6 Å². The summed E-state index contributed by atoms with van der Waals surface area (Å²) in [6.45, 7) is 5.39. The molecule has 2 aromatic carbocycles. The molecule has 0 aliphatic carbocycles. The van der Waals surface area contributed by atoms with Gasteiger partial charge in [-0.3, -0.25) is 9.59 Å². The van der Waals surface area contributed by atoms with Gasteiger partial charge in [-0.1, -0.05) is 42.5 Å². The van der Waals surface area contributed by atoms with Gasteiger partial charge >= 0.3 is 0 Å². The number of anilines is 1. The van der Waals surface area contributed by atoms with Crippen molar-refractivity contribution in [1.29, 1.82) is 0 Å². The highest BCUT2D eigenvalue weighted by molar-refractivity contribution is 7.10. The fraction of sp³-hybridized carbons (Fsp3) is 0.308. The third-order valence-corrected chi connectivity index (χ3v) is 7.01. The lowest BCUT2D eigenvalue weighted by atomic mass is 9.81. The van der Waals surface area contributed by atoms with E-state index in [4.69, 9.17) is 4.74 Å². The largest absolute Gasteiger partial charge is 0.383 e. The second-order valence-corrected chi connectivity index (χ2v) is 8.86. The minimum Gasteiger partial charge on any atom is -0.383 e. The van der Waals surface area contributed by atoms with E-state index in [1.165, 1.54) is 0 Å². The van der Waals surface area contributed by atoms with E-state index in [0.717, 1.165) is 21.7 Å². The fourth-order valence-corrected chi connectivity index (χ4v) is 5.42. The molecule has 2 heterocycles. The Kier molecular flexibility index (Phi) is 6.72. The Bertz CT molecular complexity index is 1100. The van der Waals surface area contributed by atoms with Crippen LogP contribution < -0.4 is 4.90 Å². The quantitative estimate of drug-likeness (QED) is 0.509. The van der Waals surface area contributed by atoms with E-state index < -0.39 is 5.92 Å². The van der Waals surface area contributed by atoms with Crippen molar-refractivity contribution in [3.05, 3.63) is 87.6 Å². The van der Waals surface area contributed by atoms with Crippen molar-refractivity contribution < 1.29 is 14.3 Å². The zero-order chi connectivity index (χ0) is 22.7. The second-order valence-electron chi connectivity index (χ2n) is 7.89. The molecule has 1 aliphatic heterocycles. The van der Waals surface area contributed by atoms with E-state index in [1.54, 1.807) is 18.4 Å². The number of aryl methyl sites for hydroxylation is 1. The highest BCUT2D eigenvalue weighted by Gasteiger charge is 2.45. The molecule has 1 aliphatic rings. The number of carbonyl (C=O) groups excluding carboxylic acids is 2. The first kappa shape index (κ1) is 22.2. The number of carbonyl (C=O) groups is 2. The standard InChI is InChI=1S/C26H28N2O3S/c1-4-27(21-13-8-5-10-18(21)2)26(30)23-19-11-6-7-12-20(19)25(29)28(15-16-31-3)24(23)22-14-9-17-32-22/h5-14,17,23-24H,4,15-16H2,1-3H3. The Morgan fingerprint density at radius 2 is 1.84 bits per heavy atom. The predicted octanol–water partition coefficient (Wildman–Crippen LogP) is 5.04. The van der Waals surface area contributed by atoms with E-state index in [-0.39, 0.29) is 17.9 Å². The summed E-state index contributed by atoms with van der Waals surface area (Å²) in [5, 5.41) is 2.00. The average molecular weight is 449 g/mol. The third-order valence-electron chi connectivity index (χ3n) is 6.06. The lowest BCUT2D eigenvalue weighted by Crippen LogP contribution is -2.49. The van der Waals surface area contributed by atoms with E-state index in [0.29, 0.717) is 25.3 Å². The average Bonchev–Trinajstić information content (AvgIpc) is 3.34. The lowest BCUT2D eigenvalue weighted by Gasteiger charge is -2.42. The molecule has 0 spiro atoms. The summed E-state index contributed by atoms with van der Waals surface area (Å²) in [6.07, 6.45) is 0. The topological polar surface area (TPSA) is 49.9 Å². The van der Waals surface area contributed by atoms with Crippen molar-refractivity contribution in [1.82, 2.24) is 4.90 Å².